The van der Waals surface area contributed by atoms with Gasteiger partial charge in [-0.1, -0.05) is 33.8 Å². The van der Waals surface area contributed by atoms with Crippen LogP contribution in [0.3, 0.4) is 0 Å². The van der Waals surface area contributed by atoms with Crippen LogP contribution < -0.4 is 9.47 Å². The van der Waals surface area contributed by atoms with E-state index in [0.717, 1.165) is 17.3 Å². The number of ether oxygens (including phenoxy) is 2. The van der Waals surface area contributed by atoms with Gasteiger partial charge in [-0.25, -0.2) is 0 Å². The van der Waals surface area contributed by atoms with Crippen molar-refractivity contribution in [1.82, 2.24) is 10.2 Å². The molecule has 0 atom stereocenters. The molecule has 0 aliphatic rings. The summed E-state index contributed by atoms with van der Waals surface area (Å²) in [4.78, 5) is 22.8. The highest BCUT2D eigenvalue weighted by Gasteiger charge is 2.17. The Hall–Kier alpha value is -2.92. The molecule has 0 N–H and O–H groups in total. The van der Waals surface area contributed by atoms with Crippen molar-refractivity contribution >= 4 is 39.2 Å². The third-order valence-corrected chi connectivity index (χ3v) is 5.55. The van der Waals surface area contributed by atoms with E-state index >= 15 is 0 Å². The molecule has 0 radical (unpaired) electrons. The first-order valence-corrected chi connectivity index (χ1v) is 10.3. The number of Topliss-reactive ketones (excluding diaryl/α,β-unsaturated/α-hetero) is 1. The lowest BCUT2D eigenvalue weighted by atomic mass is 10.1. The summed E-state index contributed by atoms with van der Waals surface area (Å²) >= 11 is 4.31. The van der Waals surface area contributed by atoms with Gasteiger partial charge in [0.2, 0.25) is 5.89 Å². The van der Waals surface area contributed by atoms with Gasteiger partial charge in [0.05, 0.1) is 31.3 Å². The highest BCUT2D eigenvalue weighted by atomic mass is 79.9. The minimum Gasteiger partial charge on any atom is -0.493 e. The molecular formula is C19H16BrN3O6S. The highest BCUT2D eigenvalue weighted by Crippen LogP contribution is 2.29. The molecular weight excluding hydrogens is 478 g/mol. The fourth-order valence-electron chi connectivity index (χ4n) is 2.58. The van der Waals surface area contributed by atoms with Crippen LogP contribution in [0.4, 0.5) is 5.69 Å². The molecule has 3 rings (SSSR count). The molecule has 0 aliphatic carbocycles. The molecule has 30 heavy (non-hydrogen) atoms. The van der Waals surface area contributed by atoms with Crippen molar-refractivity contribution in [1.29, 1.82) is 0 Å². The largest absolute Gasteiger partial charge is 0.493 e. The quantitative estimate of drug-likeness (QED) is 0.185. The molecule has 1 heterocycles. The zero-order valence-electron chi connectivity index (χ0n) is 16.0. The van der Waals surface area contributed by atoms with Gasteiger partial charge >= 0.3 is 0 Å². The summed E-state index contributed by atoms with van der Waals surface area (Å²) in [5.41, 5.74) is 0.966. The van der Waals surface area contributed by atoms with E-state index in [1.807, 2.05) is 12.1 Å². The molecule has 2 aromatic carbocycles. The number of ketones is 1. The molecule has 0 saturated heterocycles. The first-order chi connectivity index (χ1) is 14.4. The zero-order valence-corrected chi connectivity index (χ0v) is 18.4. The van der Waals surface area contributed by atoms with Crippen LogP contribution in [0.5, 0.6) is 11.5 Å². The maximum atomic E-state index is 12.5. The summed E-state index contributed by atoms with van der Waals surface area (Å²) in [6.07, 6.45) is 0.387. The van der Waals surface area contributed by atoms with Crippen molar-refractivity contribution in [3.8, 4) is 11.5 Å². The van der Waals surface area contributed by atoms with Gasteiger partial charge in [0.15, 0.2) is 17.3 Å². The number of carbonyl (C=O) groups is 1. The number of halogens is 1. The van der Waals surface area contributed by atoms with E-state index < -0.39 is 4.92 Å². The maximum Gasteiger partial charge on any atom is 0.277 e. The van der Waals surface area contributed by atoms with Gasteiger partial charge in [-0.3, -0.25) is 14.9 Å². The van der Waals surface area contributed by atoms with Crippen LogP contribution in [-0.4, -0.2) is 40.9 Å². The molecule has 156 valence electrons. The monoisotopic (exact) mass is 493 g/mol. The Kier molecular flexibility index (Phi) is 7.06. The minimum atomic E-state index is -0.547. The Labute approximate surface area is 184 Å². The molecule has 11 heteroatoms. The Morgan fingerprint density at radius 2 is 1.93 bits per heavy atom. The summed E-state index contributed by atoms with van der Waals surface area (Å²) < 4.78 is 16.6. The highest BCUT2D eigenvalue weighted by molar-refractivity contribution is 9.10. The Morgan fingerprint density at radius 1 is 1.17 bits per heavy atom. The van der Waals surface area contributed by atoms with Crippen molar-refractivity contribution in [2.24, 2.45) is 0 Å². The van der Waals surface area contributed by atoms with Crippen LogP contribution in [0.15, 0.2) is 50.5 Å². The van der Waals surface area contributed by atoms with Gasteiger partial charge in [-0.15, -0.1) is 10.2 Å². The Bertz CT molecular complexity index is 1090. The second kappa shape index (κ2) is 9.72. The van der Waals surface area contributed by atoms with Gasteiger partial charge in [0.25, 0.3) is 10.9 Å². The fourth-order valence-corrected chi connectivity index (χ4v) is 3.71. The van der Waals surface area contributed by atoms with Crippen molar-refractivity contribution in [2.75, 3.05) is 20.0 Å². The maximum absolute atomic E-state index is 12.5. The van der Waals surface area contributed by atoms with Crippen molar-refractivity contribution in [3.63, 3.8) is 0 Å². The molecule has 0 saturated carbocycles. The molecule has 0 aliphatic heterocycles. The average Bonchev–Trinajstić information content (AvgIpc) is 3.19. The molecule has 1 aromatic heterocycles. The number of rotatable bonds is 9. The van der Waals surface area contributed by atoms with Crippen LogP contribution >= 0.6 is 27.7 Å². The number of aromatic nitrogens is 2. The SMILES string of the molecule is COc1ccc(Cc2nnc(SCC(=O)c3cc([N+](=O)[O-])ccc3Br)o2)cc1OC. The van der Waals surface area contributed by atoms with E-state index in [0.29, 0.717) is 28.3 Å². The number of methoxy groups -OCH3 is 2. The number of hydrogen-bond acceptors (Lipinski definition) is 9. The van der Waals surface area contributed by atoms with Gasteiger partial charge in [0, 0.05) is 22.2 Å². The summed E-state index contributed by atoms with van der Waals surface area (Å²) in [7, 11) is 3.12. The number of non-ortho nitro benzene ring substituents is 1. The van der Waals surface area contributed by atoms with Gasteiger partial charge in [-0.05, 0) is 23.8 Å². The van der Waals surface area contributed by atoms with Crippen LogP contribution in [0.2, 0.25) is 0 Å². The lowest BCUT2D eigenvalue weighted by molar-refractivity contribution is -0.384. The lowest BCUT2D eigenvalue weighted by Crippen LogP contribution is -2.04. The predicted octanol–water partition coefficient (Wildman–Crippen LogP) is 4.32. The molecule has 0 unspecified atom stereocenters. The number of carbonyl (C=O) groups excluding carboxylic acids is 1. The van der Waals surface area contributed by atoms with Crippen molar-refractivity contribution in [2.45, 2.75) is 11.6 Å². The number of hydrogen-bond donors (Lipinski definition) is 0. The third kappa shape index (κ3) is 5.16. The first kappa shape index (κ1) is 21.8. The third-order valence-electron chi connectivity index (χ3n) is 4.04. The summed E-state index contributed by atoms with van der Waals surface area (Å²) in [6.45, 7) is 0. The lowest BCUT2D eigenvalue weighted by Gasteiger charge is -2.08. The standard InChI is InChI=1S/C19H16BrN3O6S/c1-27-16-6-3-11(7-17(16)28-2)8-18-21-22-19(29-18)30-10-15(24)13-9-12(23(25)26)4-5-14(13)20/h3-7,9H,8,10H2,1-2H3. The van der Waals surface area contributed by atoms with Gasteiger partial charge in [-0.2, -0.15) is 0 Å². The number of nitro benzene ring substituents is 1. The van der Waals surface area contributed by atoms with E-state index in [9.17, 15) is 14.9 Å². The topological polar surface area (TPSA) is 118 Å². The smallest absolute Gasteiger partial charge is 0.277 e. The number of nitrogens with zero attached hydrogens (tertiary/aromatic N) is 3. The van der Waals surface area contributed by atoms with Crippen LogP contribution in [0.25, 0.3) is 0 Å². The van der Waals surface area contributed by atoms with E-state index in [1.165, 1.54) is 18.2 Å². The number of thioether (sulfide) groups is 1. The molecule has 0 amide bonds. The second-order valence-corrected chi connectivity index (χ2v) is 7.74. The summed E-state index contributed by atoms with van der Waals surface area (Å²) in [5.74, 6) is 1.30. The summed E-state index contributed by atoms with van der Waals surface area (Å²) in [6, 6.07) is 9.51. The van der Waals surface area contributed by atoms with Gasteiger partial charge < -0.3 is 13.9 Å². The molecule has 9 nitrogen and oxygen atoms in total. The molecule has 0 spiro atoms. The number of nitro groups is 1. The normalized spacial score (nSPS) is 10.6. The minimum absolute atomic E-state index is 0.00222. The molecule has 0 bridgehead atoms. The van der Waals surface area contributed by atoms with Crippen LogP contribution in [-0.2, 0) is 6.42 Å². The van der Waals surface area contributed by atoms with Crippen molar-refractivity contribution in [3.05, 3.63) is 68.0 Å². The predicted molar refractivity (Wildman–Crippen MR) is 113 cm³/mol. The van der Waals surface area contributed by atoms with E-state index in [1.54, 1.807) is 20.3 Å². The fraction of sp³-hybridized carbons (Fsp3) is 0.211. The van der Waals surface area contributed by atoms with Gasteiger partial charge in [0.1, 0.15) is 0 Å². The van der Waals surface area contributed by atoms with E-state index in [-0.39, 0.29) is 28.0 Å². The first-order valence-electron chi connectivity index (χ1n) is 8.54. The molecule has 3 aromatic rings. The number of benzene rings is 2. The molecule has 0 fully saturated rings. The Morgan fingerprint density at radius 3 is 2.63 bits per heavy atom. The zero-order chi connectivity index (χ0) is 21.7. The summed E-state index contributed by atoms with van der Waals surface area (Å²) in [5, 5.41) is 19.1. The van der Waals surface area contributed by atoms with E-state index in [2.05, 4.69) is 26.1 Å². The van der Waals surface area contributed by atoms with Crippen LogP contribution in [0.1, 0.15) is 21.8 Å². The van der Waals surface area contributed by atoms with E-state index in [4.69, 9.17) is 13.9 Å². The average molecular weight is 494 g/mol. The second-order valence-electron chi connectivity index (χ2n) is 5.96. The Balaban J connectivity index is 1.64. The van der Waals surface area contributed by atoms with Crippen LogP contribution in [0, 0.1) is 10.1 Å². The van der Waals surface area contributed by atoms with Crippen molar-refractivity contribution < 1.29 is 23.6 Å².